The van der Waals surface area contributed by atoms with Crippen molar-refractivity contribution in [1.29, 1.82) is 0 Å². The smallest absolute Gasteiger partial charge is 0.254 e. The van der Waals surface area contributed by atoms with Crippen molar-refractivity contribution in [1.82, 2.24) is 49.8 Å². The maximum Gasteiger partial charge on any atom is 0.254 e. The fraction of sp³-hybridized carbons (Fsp3) is 0.345. The number of carbonyl (C=O) groups is 5. The van der Waals surface area contributed by atoms with Gasteiger partial charge in [0.15, 0.2) is 27.9 Å². The highest BCUT2D eigenvalue weighted by atomic mass is 32.2. The average Bonchev–Trinajstić information content (AvgIpc) is 3.92. The zero-order chi connectivity index (χ0) is 33.9. The van der Waals surface area contributed by atoms with E-state index in [4.69, 9.17) is 0 Å². The van der Waals surface area contributed by atoms with Gasteiger partial charge in [-0.25, -0.2) is 9.97 Å². The number of amides is 4. The van der Waals surface area contributed by atoms with E-state index in [0.717, 1.165) is 32.0 Å². The summed E-state index contributed by atoms with van der Waals surface area (Å²) >= 11 is 2.89. The van der Waals surface area contributed by atoms with Crippen LogP contribution in [0, 0.1) is 0 Å². The van der Waals surface area contributed by atoms with Gasteiger partial charge in [-0.1, -0.05) is 30.1 Å². The Labute approximate surface area is 281 Å². The van der Waals surface area contributed by atoms with Gasteiger partial charge in [0.1, 0.15) is 0 Å². The highest BCUT2D eigenvalue weighted by Gasteiger charge is 2.27. The van der Waals surface area contributed by atoms with Crippen LogP contribution in [0.5, 0.6) is 0 Å². The maximum absolute atomic E-state index is 11.7. The molecule has 2 saturated heterocycles. The van der Waals surface area contributed by atoms with Crippen molar-refractivity contribution in [3.05, 3.63) is 41.2 Å². The number of nitrogens with zero attached hydrogens (tertiary/aromatic N) is 8. The topological polar surface area (TPSA) is 220 Å². The zero-order valence-electron chi connectivity index (χ0n) is 25.8. The van der Waals surface area contributed by atoms with E-state index in [-0.39, 0.29) is 36.5 Å². The van der Waals surface area contributed by atoms with Crippen molar-refractivity contribution in [2.75, 3.05) is 23.1 Å². The Morgan fingerprint density at radius 2 is 1.27 bits per heavy atom. The summed E-state index contributed by atoms with van der Waals surface area (Å²) in [4.78, 5) is 72.1. The number of nitrogens with one attached hydrogen (secondary N) is 4. The number of hydrogen-bond donors (Lipinski definition) is 4. The van der Waals surface area contributed by atoms with Crippen molar-refractivity contribution in [2.45, 2.75) is 60.9 Å². The van der Waals surface area contributed by atoms with E-state index < -0.39 is 0 Å². The van der Waals surface area contributed by atoms with Gasteiger partial charge in [0.2, 0.25) is 23.7 Å². The lowest BCUT2D eigenvalue weighted by Crippen LogP contribution is -2.19. The number of carbonyl (C=O) groups excluding carboxylic acids is 5. The first-order valence-electron chi connectivity index (χ1n) is 14.8. The Morgan fingerprint density at radius 1 is 0.771 bits per heavy atom. The van der Waals surface area contributed by atoms with Gasteiger partial charge in [0.05, 0.1) is 30.8 Å². The van der Waals surface area contributed by atoms with Crippen molar-refractivity contribution in [3.8, 4) is 0 Å². The van der Waals surface area contributed by atoms with Crippen molar-refractivity contribution < 1.29 is 24.0 Å². The predicted molar refractivity (Wildman–Crippen MR) is 176 cm³/mol. The average molecular weight is 691 g/mol. The summed E-state index contributed by atoms with van der Waals surface area (Å²) in [5.41, 5.74) is 3.14. The van der Waals surface area contributed by atoms with Gasteiger partial charge < -0.3 is 10.6 Å². The van der Waals surface area contributed by atoms with Gasteiger partial charge in [-0.15, -0.1) is 0 Å². The first-order chi connectivity index (χ1) is 23.1. The molecule has 4 aromatic rings. The number of thioether (sulfide) groups is 2. The quantitative estimate of drug-likeness (QED) is 0.0894. The minimum absolute atomic E-state index is 0.0871. The maximum atomic E-state index is 11.7. The Hall–Kier alpha value is -5.17. The van der Waals surface area contributed by atoms with Crippen molar-refractivity contribution >= 4 is 82.7 Å². The molecule has 0 aromatic carbocycles. The van der Waals surface area contributed by atoms with Crippen LogP contribution in [-0.4, -0.2) is 93.7 Å². The first kappa shape index (κ1) is 32.8. The Bertz CT molecular complexity index is 2000. The van der Waals surface area contributed by atoms with E-state index >= 15 is 0 Å². The molecule has 4 N–H and O–H groups in total. The second-order valence-corrected chi connectivity index (χ2v) is 12.6. The molecule has 6 heterocycles. The summed E-state index contributed by atoms with van der Waals surface area (Å²) in [5, 5.41) is 20.7. The number of aromatic nitrogens is 8. The molecule has 4 aromatic heterocycles. The lowest BCUT2D eigenvalue weighted by atomic mass is 10.1. The molecule has 4 aliphatic rings. The molecule has 0 bridgehead atoms. The second kappa shape index (κ2) is 13.9. The lowest BCUT2D eigenvalue weighted by molar-refractivity contribution is -0.125. The molecule has 4 fully saturated rings. The van der Waals surface area contributed by atoms with Crippen LogP contribution in [0.3, 0.4) is 0 Å². The van der Waals surface area contributed by atoms with E-state index in [2.05, 4.69) is 58.0 Å². The SMILES string of the molecule is C=C1CC(=O)NC1=O.CSc1nc(NC2CC2)n2ncc(/C=C3\CC(=O)NC3=O)c2n1.CSc1nc(NC2CC2)n2ncc(C=O)c2n1. The molecule has 8 rings (SSSR count). The highest BCUT2D eigenvalue weighted by Crippen LogP contribution is 2.27. The third-order valence-corrected chi connectivity index (χ3v) is 8.33. The van der Waals surface area contributed by atoms with Crippen LogP contribution in [0.25, 0.3) is 17.4 Å². The number of aldehydes is 1. The predicted octanol–water partition coefficient (Wildman–Crippen LogP) is 1.67. The summed E-state index contributed by atoms with van der Waals surface area (Å²) in [6.07, 6.45) is 14.2. The van der Waals surface area contributed by atoms with Crippen LogP contribution in [0.15, 0.2) is 40.4 Å². The summed E-state index contributed by atoms with van der Waals surface area (Å²) in [6, 6.07) is 0.915. The molecule has 2 saturated carbocycles. The Balaban J connectivity index is 0.000000140. The number of anilines is 2. The summed E-state index contributed by atoms with van der Waals surface area (Å²) in [6.45, 7) is 3.35. The van der Waals surface area contributed by atoms with E-state index in [1.54, 1.807) is 21.3 Å². The number of hydrogen-bond acceptors (Lipinski definition) is 15. The van der Waals surface area contributed by atoms with Crippen LogP contribution in [0.1, 0.15) is 54.4 Å². The molecule has 2 aliphatic carbocycles. The highest BCUT2D eigenvalue weighted by molar-refractivity contribution is 7.98. The third-order valence-electron chi connectivity index (χ3n) is 7.24. The van der Waals surface area contributed by atoms with E-state index in [9.17, 15) is 24.0 Å². The molecule has 0 radical (unpaired) electrons. The minimum atomic E-state index is -0.357. The number of fused-ring (bicyclic) bond motifs is 2. The van der Waals surface area contributed by atoms with Crippen LogP contribution in [0.4, 0.5) is 11.9 Å². The van der Waals surface area contributed by atoms with Gasteiger partial charge in [0.25, 0.3) is 11.8 Å². The first-order valence-corrected chi connectivity index (χ1v) is 17.2. The fourth-order valence-electron chi connectivity index (χ4n) is 4.47. The van der Waals surface area contributed by atoms with Crippen LogP contribution in [0.2, 0.25) is 0 Å². The molecule has 0 spiro atoms. The molecular formula is C29H30N12O5S2. The summed E-state index contributed by atoms with van der Waals surface area (Å²) in [7, 11) is 0. The standard InChI is InChI=1S/C14H14N6O2S.C10H11N5OS.C5H5NO2/c1-23-14-18-11-8(4-7-5-10(21)17-12(7)22)6-15-20(11)13(19-14)16-9-2-3-9;1-17-10-13-8-6(5-16)4-11-15(8)9(14-10)12-7-2-3-7;1-3-2-4(7)6-5(3)8/h4,6,9H,2-3,5H2,1H3,(H,16,18,19)(H,17,21,22);4-5,7H,2-3H2,1H3,(H,12,13,14);1-2H2,(H,6,7,8)/b7-4+;;. The van der Waals surface area contributed by atoms with Crippen LogP contribution >= 0.6 is 23.5 Å². The van der Waals surface area contributed by atoms with Gasteiger partial charge in [-0.05, 0) is 44.3 Å². The van der Waals surface area contributed by atoms with Crippen molar-refractivity contribution in [3.63, 3.8) is 0 Å². The third kappa shape index (κ3) is 7.52. The summed E-state index contributed by atoms with van der Waals surface area (Å²) in [5.74, 6) is 0.0847. The van der Waals surface area contributed by atoms with E-state index in [0.29, 0.717) is 67.9 Å². The molecular weight excluding hydrogens is 661 g/mol. The monoisotopic (exact) mass is 690 g/mol. The Morgan fingerprint density at radius 3 is 1.67 bits per heavy atom. The molecule has 0 atom stereocenters. The minimum Gasteiger partial charge on any atom is -0.351 e. The zero-order valence-corrected chi connectivity index (χ0v) is 27.5. The molecule has 248 valence electrons. The lowest BCUT2D eigenvalue weighted by Gasteiger charge is -2.07. The normalized spacial score (nSPS) is 18.0. The molecule has 19 heteroatoms. The second-order valence-electron chi connectivity index (χ2n) is 11.1. The molecule has 2 aliphatic heterocycles. The number of imide groups is 2. The molecule has 17 nitrogen and oxygen atoms in total. The van der Waals surface area contributed by atoms with Gasteiger partial charge >= 0.3 is 0 Å². The summed E-state index contributed by atoms with van der Waals surface area (Å²) < 4.78 is 3.22. The van der Waals surface area contributed by atoms with Gasteiger partial charge in [-0.3, -0.25) is 34.6 Å². The van der Waals surface area contributed by atoms with E-state index in [1.807, 2.05) is 12.5 Å². The molecule has 0 unspecified atom stereocenters. The number of rotatable bonds is 8. The van der Waals surface area contributed by atoms with Crippen molar-refractivity contribution in [2.24, 2.45) is 0 Å². The fourth-order valence-corrected chi connectivity index (χ4v) is 5.18. The largest absolute Gasteiger partial charge is 0.351 e. The Kier molecular flexibility index (Phi) is 9.49. The van der Waals surface area contributed by atoms with Crippen LogP contribution in [-0.2, 0) is 19.2 Å². The molecule has 48 heavy (non-hydrogen) atoms. The molecule has 4 amide bonds. The van der Waals surface area contributed by atoms with E-state index in [1.165, 1.54) is 29.7 Å². The van der Waals surface area contributed by atoms with Gasteiger partial charge in [0, 0.05) is 28.8 Å². The van der Waals surface area contributed by atoms with Gasteiger partial charge in [-0.2, -0.15) is 29.2 Å². The van der Waals surface area contributed by atoms with Crippen LogP contribution < -0.4 is 21.3 Å².